The minimum Gasteiger partial charge on any atom is -0.494 e. The van der Waals surface area contributed by atoms with Crippen molar-refractivity contribution in [2.75, 3.05) is 12.4 Å². The first kappa shape index (κ1) is 21.0. The van der Waals surface area contributed by atoms with Gasteiger partial charge in [0.2, 0.25) is 0 Å². The van der Waals surface area contributed by atoms with Gasteiger partial charge in [-0.25, -0.2) is 4.79 Å². The van der Waals surface area contributed by atoms with Crippen LogP contribution in [0.4, 0.5) is 0 Å². The van der Waals surface area contributed by atoms with Gasteiger partial charge in [-0.2, -0.15) is 9.13 Å². The van der Waals surface area contributed by atoms with Crippen molar-refractivity contribution >= 4 is 11.8 Å². The third kappa shape index (κ3) is 4.32. The molecule has 0 amide bonds. The number of para-hydroxylation sites is 1. The maximum atomic E-state index is 13.4. The summed E-state index contributed by atoms with van der Waals surface area (Å²) in [6, 6.07) is 17.1. The molecule has 1 N–H and O–H groups in total. The van der Waals surface area contributed by atoms with E-state index in [-0.39, 0.29) is 11.4 Å². The third-order valence-corrected chi connectivity index (χ3v) is 5.43. The molecule has 0 radical (unpaired) electrons. The van der Waals surface area contributed by atoms with Crippen molar-refractivity contribution in [3.05, 3.63) is 70.5 Å². The van der Waals surface area contributed by atoms with Crippen molar-refractivity contribution in [1.29, 1.82) is 0 Å². The zero-order valence-electron chi connectivity index (χ0n) is 17.1. The zero-order valence-corrected chi connectivity index (χ0v) is 17.9. The Morgan fingerprint density at radius 2 is 1.72 bits per heavy atom. The molecule has 5 nitrogen and oxygen atoms in total. The summed E-state index contributed by atoms with van der Waals surface area (Å²) in [6.07, 6.45) is 1.27. The van der Waals surface area contributed by atoms with Crippen LogP contribution in [0, 0.1) is 0 Å². The van der Waals surface area contributed by atoms with Crippen LogP contribution < -0.4 is 14.9 Å². The maximum absolute atomic E-state index is 13.4. The van der Waals surface area contributed by atoms with Crippen LogP contribution in [0.15, 0.2) is 64.5 Å². The summed E-state index contributed by atoms with van der Waals surface area (Å²) < 4.78 is 9.02. The largest absolute Gasteiger partial charge is 0.494 e. The Morgan fingerprint density at radius 3 is 2.31 bits per heavy atom. The van der Waals surface area contributed by atoms with E-state index in [2.05, 4.69) is 0 Å². The standard InChI is InChI=1S/C23H26N2O3S/c1-4-10-20-21(26)24(17-11-8-7-9-12-17)23(29-6-3)25(22(20)27)18-13-15-19(16-14-18)28-5-2/h7-9,11-16H,4-6,10H2,1-3H3/p+1. The van der Waals surface area contributed by atoms with Crippen molar-refractivity contribution in [1.82, 2.24) is 4.57 Å². The monoisotopic (exact) mass is 411 g/mol. The van der Waals surface area contributed by atoms with Crippen LogP contribution in [0.2, 0.25) is 0 Å². The molecule has 3 aromatic rings. The molecular formula is C23H27N2O3S+. The van der Waals surface area contributed by atoms with Crippen molar-refractivity contribution in [2.24, 2.45) is 0 Å². The van der Waals surface area contributed by atoms with E-state index in [1.165, 1.54) is 11.8 Å². The van der Waals surface area contributed by atoms with Crippen molar-refractivity contribution in [3.8, 4) is 23.0 Å². The molecule has 0 spiro atoms. The van der Waals surface area contributed by atoms with Gasteiger partial charge in [-0.3, -0.25) is 0 Å². The Morgan fingerprint density at radius 1 is 1.03 bits per heavy atom. The summed E-state index contributed by atoms with van der Waals surface area (Å²) in [5.74, 6) is 1.53. The second kappa shape index (κ2) is 9.65. The lowest BCUT2D eigenvalue weighted by Gasteiger charge is -2.14. The highest BCUT2D eigenvalue weighted by Gasteiger charge is 2.30. The fraction of sp³-hybridized carbons (Fsp3) is 0.304. The summed E-state index contributed by atoms with van der Waals surface area (Å²) >= 11 is 1.52. The third-order valence-electron chi connectivity index (χ3n) is 4.52. The molecule has 0 aliphatic rings. The normalized spacial score (nSPS) is 10.9. The van der Waals surface area contributed by atoms with Crippen LogP contribution in [0.1, 0.15) is 32.8 Å². The van der Waals surface area contributed by atoms with Gasteiger partial charge in [0.1, 0.15) is 22.7 Å². The summed E-state index contributed by atoms with van der Waals surface area (Å²) in [5.41, 5.74) is 1.81. The molecule has 152 valence electrons. The molecule has 0 saturated heterocycles. The van der Waals surface area contributed by atoms with Gasteiger partial charge >= 0.3 is 10.7 Å². The molecule has 29 heavy (non-hydrogen) atoms. The van der Waals surface area contributed by atoms with Crippen LogP contribution in [0.25, 0.3) is 11.4 Å². The van der Waals surface area contributed by atoms with Crippen LogP contribution in [0.5, 0.6) is 11.6 Å². The lowest BCUT2D eigenvalue weighted by atomic mass is 10.1. The Hall–Kier alpha value is -2.73. The molecule has 0 saturated carbocycles. The van der Waals surface area contributed by atoms with Gasteiger partial charge in [0.15, 0.2) is 0 Å². The number of ether oxygens (including phenoxy) is 1. The first-order valence-electron chi connectivity index (χ1n) is 9.96. The Balaban J connectivity index is 2.33. The summed E-state index contributed by atoms with van der Waals surface area (Å²) in [4.78, 5) is 13.4. The number of rotatable bonds is 8. The van der Waals surface area contributed by atoms with E-state index < -0.39 is 0 Å². The van der Waals surface area contributed by atoms with E-state index in [0.29, 0.717) is 23.7 Å². The number of thioether (sulfide) groups is 1. The maximum Gasteiger partial charge on any atom is 0.350 e. The topological polar surface area (TPSA) is 55.3 Å². The van der Waals surface area contributed by atoms with Crippen LogP contribution in [-0.2, 0) is 6.42 Å². The van der Waals surface area contributed by atoms with Gasteiger partial charge in [-0.1, -0.05) is 38.5 Å². The predicted molar refractivity (Wildman–Crippen MR) is 117 cm³/mol. The van der Waals surface area contributed by atoms with Crippen molar-refractivity contribution in [3.63, 3.8) is 0 Å². The molecule has 0 bridgehead atoms. The molecule has 1 heterocycles. The van der Waals surface area contributed by atoms with Gasteiger partial charge in [-0.15, -0.1) is 0 Å². The quantitative estimate of drug-likeness (QED) is 0.341. The highest BCUT2D eigenvalue weighted by Crippen LogP contribution is 2.24. The van der Waals surface area contributed by atoms with Crippen molar-refractivity contribution in [2.45, 2.75) is 38.8 Å². The van der Waals surface area contributed by atoms with E-state index in [0.717, 1.165) is 29.3 Å². The Kier molecular flexibility index (Phi) is 6.99. The first-order chi connectivity index (χ1) is 14.1. The minimum atomic E-state index is -0.173. The van der Waals surface area contributed by atoms with E-state index in [9.17, 15) is 9.90 Å². The van der Waals surface area contributed by atoms with Crippen LogP contribution in [-0.4, -0.2) is 22.0 Å². The number of nitrogens with zero attached hydrogens (tertiary/aromatic N) is 2. The van der Waals surface area contributed by atoms with Gasteiger partial charge in [0.25, 0.3) is 5.88 Å². The molecule has 0 unspecified atom stereocenters. The molecular weight excluding hydrogens is 384 g/mol. The van der Waals surface area contributed by atoms with E-state index in [1.807, 2.05) is 75.4 Å². The Bertz CT molecular complexity index is 1020. The smallest absolute Gasteiger partial charge is 0.350 e. The minimum absolute atomic E-state index is 0.00383. The highest BCUT2D eigenvalue weighted by molar-refractivity contribution is 7.99. The summed E-state index contributed by atoms with van der Waals surface area (Å²) in [7, 11) is 0. The zero-order chi connectivity index (χ0) is 20.8. The van der Waals surface area contributed by atoms with Gasteiger partial charge in [0.05, 0.1) is 6.61 Å². The molecule has 0 aliphatic carbocycles. The van der Waals surface area contributed by atoms with Crippen LogP contribution in [0.3, 0.4) is 0 Å². The average molecular weight is 412 g/mol. The number of benzene rings is 2. The van der Waals surface area contributed by atoms with E-state index in [4.69, 9.17) is 4.74 Å². The SMILES string of the molecule is CCCc1c(O)[n+](-c2ccc(OCC)cc2)c(SCC)n(-c2ccccc2)c1=O. The molecule has 6 heteroatoms. The Labute approximate surface area is 175 Å². The number of hydrogen-bond acceptors (Lipinski definition) is 4. The van der Waals surface area contributed by atoms with E-state index in [1.54, 1.807) is 9.13 Å². The number of aromatic nitrogens is 2. The van der Waals surface area contributed by atoms with Gasteiger partial charge < -0.3 is 9.84 Å². The van der Waals surface area contributed by atoms with E-state index >= 15 is 0 Å². The van der Waals surface area contributed by atoms with Gasteiger partial charge in [0, 0.05) is 5.75 Å². The summed E-state index contributed by atoms with van der Waals surface area (Å²) in [5, 5.41) is 11.8. The summed E-state index contributed by atoms with van der Waals surface area (Å²) in [6.45, 7) is 6.57. The predicted octanol–water partition coefficient (Wildman–Crippen LogP) is 4.28. The molecule has 3 rings (SSSR count). The number of hydrogen-bond donors (Lipinski definition) is 1. The average Bonchev–Trinajstić information content (AvgIpc) is 2.73. The van der Waals surface area contributed by atoms with Gasteiger partial charge in [-0.05, 0) is 61.5 Å². The fourth-order valence-electron chi connectivity index (χ4n) is 3.27. The van der Waals surface area contributed by atoms with Crippen molar-refractivity contribution < 1.29 is 14.4 Å². The van der Waals surface area contributed by atoms with Crippen LogP contribution >= 0.6 is 11.8 Å². The molecule has 0 fully saturated rings. The molecule has 0 atom stereocenters. The first-order valence-corrected chi connectivity index (χ1v) is 10.9. The molecule has 2 aromatic carbocycles. The second-order valence-electron chi connectivity index (χ2n) is 6.51. The molecule has 0 aliphatic heterocycles. The lowest BCUT2D eigenvalue weighted by Crippen LogP contribution is -2.43. The highest BCUT2D eigenvalue weighted by atomic mass is 32.2. The second-order valence-corrected chi connectivity index (χ2v) is 7.74. The number of aromatic hydroxyl groups is 1. The lowest BCUT2D eigenvalue weighted by molar-refractivity contribution is -0.650. The fourth-order valence-corrected chi connectivity index (χ4v) is 4.16. The molecule has 1 aromatic heterocycles.